The molecule has 0 saturated heterocycles. The van der Waals surface area contributed by atoms with E-state index in [2.05, 4.69) is 0 Å². The van der Waals surface area contributed by atoms with E-state index in [1.54, 1.807) is 12.1 Å². The molecule has 0 aliphatic rings. The number of carbonyl (C=O) groups is 1. The third-order valence-electron chi connectivity index (χ3n) is 3.89. The van der Waals surface area contributed by atoms with Crippen molar-refractivity contribution in [2.24, 2.45) is 0 Å². The van der Waals surface area contributed by atoms with Crippen LogP contribution >= 0.6 is 0 Å². The Balaban J connectivity index is 2.08. The van der Waals surface area contributed by atoms with Gasteiger partial charge in [-0.15, -0.1) is 0 Å². The van der Waals surface area contributed by atoms with E-state index in [0.29, 0.717) is 11.1 Å². The average Bonchev–Trinajstić information content (AvgIpc) is 3.16. The smallest absolute Gasteiger partial charge is 0.270 e. The predicted octanol–water partition coefficient (Wildman–Crippen LogP) is 2.49. The average molecular weight is 383 g/mol. The van der Waals surface area contributed by atoms with Crippen LogP contribution in [0.25, 0.3) is 17.2 Å². The molecule has 0 radical (unpaired) electrons. The van der Waals surface area contributed by atoms with Crippen LogP contribution in [0.3, 0.4) is 0 Å². The lowest BCUT2D eigenvalue weighted by atomic mass is 10.1. The largest absolute Gasteiger partial charge is 0.398 e. The molecule has 0 atom stereocenters. The first-order valence-electron chi connectivity index (χ1n) is 7.93. The van der Waals surface area contributed by atoms with Gasteiger partial charge in [-0.3, -0.25) is 10.0 Å². The Labute approximate surface area is 156 Å². The lowest BCUT2D eigenvalue weighted by Gasteiger charge is -2.14. The molecule has 27 heavy (non-hydrogen) atoms. The Morgan fingerprint density at radius 2 is 1.81 bits per heavy atom. The number of hydroxylamine groups is 1. The second kappa shape index (κ2) is 7.48. The Hall–Kier alpha value is -3.36. The highest BCUT2D eigenvalue weighted by atomic mass is 32.2. The summed E-state index contributed by atoms with van der Waals surface area (Å²) in [5, 5.41) is 8.50. The molecule has 7 nitrogen and oxygen atoms in total. The number of nitrogen functional groups attached to an aromatic ring is 1. The summed E-state index contributed by atoms with van der Waals surface area (Å²) in [4.78, 5) is 11.1. The number of hydrogen-bond acceptors (Lipinski definition) is 5. The number of aromatic nitrogens is 1. The van der Waals surface area contributed by atoms with E-state index in [1.807, 2.05) is 30.3 Å². The zero-order valence-electron chi connectivity index (χ0n) is 14.1. The van der Waals surface area contributed by atoms with Gasteiger partial charge in [0.15, 0.2) is 0 Å². The van der Waals surface area contributed by atoms with Gasteiger partial charge in [0.2, 0.25) is 0 Å². The first kappa shape index (κ1) is 18.4. The molecule has 4 N–H and O–H groups in total. The van der Waals surface area contributed by atoms with Crippen LogP contribution in [-0.2, 0) is 14.8 Å². The fourth-order valence-electron chi connectivity index (χ4n) is 2.64. The van der Waals surface area contributed by atoms with Gasteiger partial charge in [-0.25, -0.2) is 17.9 Å². The topological polar surface area (TPSA) is 114 Å². The molecule has 8 heteroatoms. The predicted molar refractivity (Wildman–Crippen MR) is 102 cm³/mol. The summed E-state index contributed by atoms with van der Waals surface area (Å²) in [5.41, 5.74) is 9.33. The summed E-state index contributed by atoms with van der Waals surface area (Å²) >= 11 is 0. The zero-order chi connectivity index (χ0) is 19.4. The number of anilines is 1. The van der Waals surface area contributed by atoms with Gasteiger partial charge in [0.25, 0.3) is 15.9 Å². The molecule has 1 heterocycles. The van der Waals surface area contributed by atoms with Crippen molar-refractivity contribution in [2.75, 3.05) is 5.73 Å². The SMILES string of the molecule is Nc1cccc(-c2ccccc2)c1S(=O)(=O)n1ccc(/C=C/C(=O)NO)c1. The molecule has 0 spiro atoms. The maximum atomic E-state index is 13.2. The molecule has 0 aliphatic heterocycles. The highest BCUT2D eigenvalue weighted by molar-refractivity contribution is 7.90. The number of carbonyl (C=O) groups excluding carboxylic acids is 1. The Morgan fingerprint density at radius 1 is 1.07 bits per heavy atom. The van der Waals surface area contributed by atoms with Gasteiger partial charge >= 0.3 is 0 Å². The van der Waals surface area contributed by atoms with E-state index >= 15 is 0 Å². The monoisotopic (exact) mass is 383 g/mol. The summed E-state index contributed by atoms with van der Waals surface area (Å²) < 4.78 is 27.4. The zero-order valence-corrected chi connectivity index (χ0v) is 14.9. The molecule has 0 saturated carbocycles. The van der Waals surface area contributed by atoms with E-state index in [1.165, 1.54) is 36.1 Å². The normalized spacial score (nSPS) is 11.6. The van der Waals surface area contributed by atoms with Crippen LogP contribution < -0.4 is 11.2 Å². The maximum Gasteiger partial charge on any atom is 0.270 e. The minimum atomic E-state index is -3.96. The van der Waals surface area contributed by atoms with Gasteiger partial charge in [-0.05, 0) is 29.3 Å². The quantitative estimate of drug-likeness (QED) is 0.271. The van der Waals surface area contributed by atoms with Gasteiger partial charge in [-0.2, -0.15) is 0 Å². The Bertz CT molecular complexity index is 1100. The van der Waals surface area contributed by atoms with Crippen molar-refractivity contribution in [3.05, 3.63) is 78.6 Å². The first-order chi connectivity index (χ1) is 12.9. The fourth-order valence-corrected chi connectivity index (χ4v) is 4.17. The van der Waals surface area contributed by atoms with E-state index in [-0.39, 0.29) is 10.6 Å². The van der Waals surface area contributed by atoms with E-state index in [4.69, 9.17) is 10.9 Å². The molecule has 0 bridgehead atoms. The molecule has 1 amide bonds. The third kappa shape index (κ3) is 3.76. The van der Waals surface area contributed by atoms with Crippen LogP contribution in [0.15, 0.2) is 78.0 Å². The van der Waals surface area contributed by atoms with Crippen molar-refractivity contribution in [3.8, 4) is 11.1 Å². The summed E-state index contributed by atoms with van der Waals surface area (Å²) in [6, 6.07) is 15.6. The van der Waals surface area contributed by atoms with Crippen LogP contribution in [0.1, 0.15) is 5.56 Å². The number of nitrogens with two attached hydrogens (primary N) is 1. The van der Waals surface area contributed by atoms with Crippen molar-refractivity contribution < 1.29 is 18.4 Å². The third-order valence-corrected chi connectivity index (χ3v) is 5.65. The molecular weight excluding hydrogens is 366 g/mol. The molecule has 3 rings (SSSR count). The summed E-state index contributed by atoms with van der Waals surface area (Å²) in [6.07, 6.45) is 5.19. The molecule has 2 aromatic carbocycles. The summed E-state index contributed by atoms with van der Waals surface area (Å²) in [5.74, 6) is -0.718. The Morgan fingerprint density at radius 3 is 2.52 bits per heavy atom. The van der Waals surface area contributed by atoms with Gasteiger partial charge < -0.3 is 5.73 Å². The van der Waals surface area contributed by atoms with Crippen LogP contribution in [0.4, 0.5) is 5.69 Å². The van der Waals surface area contributed by atoms with Crippen LogP contribution in [0.2, 0.25) is 0 Å². The standard InChI is InChI=1S/C19H17N3O4S/c20-17-8-4-7-16(15-5-2-1-3-6-15)19(17)27(25,26)22-12-11-14(13-22)9-10-18(23)21-24/h1-13,24H,20H2,(H,21,23)/b10-9+. The minimum absolute atomic E-state index is 0.00966. The van der Waals surface area contributed by atoms with Crippen molar-refractivity contribution in [1.82, 2.24) is 9.45 Å². The molecule has 0 fully saturated rings. The maximum absolute atomic E-state index is 13.2. The molecule has 1 aromatic heterocycles. The minimum Gasteiger partial charge on any atom is -0.398 e. The number of amides is 1. The van der Waals surface area contributed by atoms with E-state index in [0.717, 1.165) is 15.6 Å². The second-order valence-corrected chi connectivity index (χ2v) is 7.46. The number of nitrogens with one attached hydrogen (secondary N) is 1. The van der Waals surface area contributed by atoms with Gasteiger partial charge in [-0.1, -0.05) is 42.5 Å². The molecule has 0 aliphatic carbocycles. The molecular formula is C19H17N3O4S. The van der Waals surface area contributed by atoms with E-state index < -0.39 is 15.9 Å². The van der Waals surface area contributed by atoms with Crippen LogP contribution in [-0.4, -0.2) is 23.5 Å². The summed E-state index contributed by atoms with van der Waals surface area (Å²) in [7, 11) is -3.96. The number of rotatable bonds is 5. The van der Waals surface area contributed by atoms with Crippen molar-refractivity contribution in [3.63, 3.8) is 0 Å². The van der Waals surface area contributed by atoms with Crippen LogP contribution in [0.5, 0.6) is 0 Å². The van der Waals surface area contributed by atoms with Crippen LogP contribution in [0, 0.1) is 0 Å². The molecule has 3 aromatic rings. The van der Waals surface area contributed by atoms with Gasteiger partial charge in [0, 0.05) is 24.0 Å². The lowest BCUT2D eigenvalue weighted by Crippen LogP contribution is -2.15. The highest BCUT2D eigenvalue weighted by Crippen LogP contribution is 2.33. The first-order valence-corrected chi connectivity index (χ1v) is 9.37. The van der Waals surface area contributed by atoms with Crippen molar-refractivity contribution in [2.45, 2.75) is 4.90 Å². The van der Waals surface area contributed by atoms with E-state index in [9.17, 15) is 13.2 Å². The van der Waals surface area contributed by atoms with Gasteiger partial charge in [0.05, 0.1) is 5.69 Å². The molecule has 0 unspecified atom stereocenters. The Kier molecular flexibility index (Phi) is 5.11. The second-order valence-electron chi connectivity index (χ2n) is 5.68. The highest BCUT2D eigenvalue weighted by Gasteiger charge is 2.24. The van der Waals surface area contributed by atoms with Gasteiger partial charge in [0.1, 0.15) is 4.90 Å². The lowest BCUT2D eigenvalue weighted by molar-refractivity contribution is -0.124. The van der Waals surface area contributed by atoms with Crippen molar-refractivity contribution >= 4 is 27.7 Å². The van der Waals surface area contributed by atoms with Crippen molar-refractivity contribution in [1.29, 1.82) is 0 Å². The number of benzene rings is 2. The molecule has 138 valence electrons. The summed E-state index contributed by atoms with van der Waals surface area (Å²) in [6.45, 7) is 0. The number of nitrogens with zero attached hydrogens (tertiary/aromatic N) is 1. The fraction of sp³-hybridized carbons (Fsp3) is 0. The number of hydrogen-bond donors (Lipinski definition) is 3.